The maximum Gasteiger partial charge on any atom is 0.343 e. The average molecular weight is 478 g/mol. The maximum absolute atomic E-state index is 12.6. The van der Waals surface area contributed by atoms with Gasteiger partial charge in [0.05, 0.1) is 32.1 Å². The highest BCUT2D eigenvalue weighted by Crippen LogP contribution is 2.29. The molecule has 0 spiro atoms. The van der Waals surface area contributed by atoms with Crippen molar-refractivity contribution in [1.29, 1.82) is 0 Å². The predicted molar refractivity (Wildman–Crippen MR) is 121 cm³/mol. The van der Waals surface area contributed by atoms with Crippen LogP contribution in [0.15, 0.2) is 42.5 Å². The second kappa shape index (κ2) is 10.4. The van der Waals surface area contributed by atoms with Gasteiger partial charge in [-0.15, -0.1) is 0 Å². The summed E-state index contributed by atoms with van der Waals surface area (Å²) >= 11 is 12.6. The van der Waals surface area contributed by atoms with E-state index in [4.69, 9.17) is 37.4 Å². The van der Waals surface area contributed by atoms with Crippen LogP contribution < -0.4 is 14.8 Å². The number of carbonyl (C=O) groups is 2. The third kappa shape index (κ3) is 5.33. The highest BCUT2D eigenvalue weighted by atomic mass is 35.5. The minimum atomic E-state index is -0.759. The van der Waals surface area contributed by atoms with E-state index in [9.17, 15) is 9.59 Å². The second-order valence-corrected chi connectivity index (χ2v) is 7.46. The first-order chi connectivity index (χ1) is 15.3. The Balaban J connectivity index is 1.67. The molecule has 10 heteroatoms. The molecule has 168 valence electrons. The molecule has 0 bridgehead atoms. The van der Waals surface area contributed by atoms with Crippen LogP contribution in [-0.4, -0.2) is 42.5 Å². The number of nitrogens with one attached hydrogen (secondary N) is 1. The number of nitrogens with zero attached hydrogens (tertiary/aromatic N) is 2. The fourth-order valence-electron chi connectivity index (χ4n) is 2.98. The molecule has 0 aliphatic carbocycles. The molecule has 0 saturated carbocycles. The minimum Gasteiger partial charge on any atom is -0.497 e. The van der Waals surface area contributed by atoms with Crippen molar-refractivity contribution in [3.63, 3.8) is 0 Å². The van der Waals surface area contributed by atoms with Gasteiger partial charge in [0, 0.05) is 11.1 Å². The van der Waals surface area contributed by atoms with Crippen molar-refractivity contribution in [3.8, 4) is 11.5 Å². The van der Waals surface area contributed by atoms with E-state index in [0.717, 1.165) is 5.56 Å². The monoisotopic (exact) mass is 477 g/mol. The summed E-state index contributed by atoms with van der Waals surface area (Å²) in [5.41, 5.74) is 1.65. The van der Waals surface area contributed by atoms with Crippen LogP contribution in [0.2, 0.25) is 10.2 Å². The number of amides is 1. The zero-order valence-corrected chi connectivity index (χ0v) is 19.2. The van der Waals surface area contributed by atoms with Crippen LogP contribution in [0, 0.1) is 6.92 Å². The summed E-state index contributed by atoms with van der Waals surface area (Å²) in [6.07, 6.45) is 0. The number of ether oxygens (including phenoxy) is 3. The number of rotatable bonds is 8. The lowest BCUT2D eigenvalue weighted by Crippen LogP contribution is -2.21. The lowest BCUT2D eigenvalue weighted by Gasteiger charge is -2.12. The van der Waals surface area contributed by atoms with E-state index in [1.165, 1.54) is 18.9 Å². The minimum absolute atomic E-state index is 0.0884. The molecule has 8 nitrogen and oxygen atoms in total. The van der Waals surface area contributed by atoms with Gasteiger partial charge in [0.15, 0.2) is 6.61 Å². The number of anilines is 1. The van der Waals surface area contributed by atoms with Crippen molar-refractivity contribution in [3.05, 3.63) is 69.5 Å². The Labute approximate surface area is 195 Å². The molecule has 1 amide bonds. The van der Waals surface area contributed by atoms with Crippen molar-refractivity contribution in [2.45, 2.75) is 13.5 Å². The third-order valence-electron chi connectivity index (χ3n) is 4.56. The van der Waals surface area contributed by atoms with Gasteiger partial charge < -0.3 is 19.5 Å². The summed E-state index contributed by atoms with van der Waals surface area (Å²) in [6, 6.07) is 12.2. The predicted octanol–water partition coefficient (Wildman–Crippen LogP) is 4.36. The van der Waals surface area contributed by atoms with Crippen molar-refractivity contribution in [1.82, 2.24) is 9.78 Å². The van der Waals surface area contributed by atoms with Gasteiger partial charge in [-0.05, 0) is 30.7 Å². The smallest absolute Gasteiger partial charge is 0.343 e. The first-order valence-electron chi connectivity index (χ1n) is 9.49. The van der Waals surface area contributed by atoms with E-state index in [2.05, 4.69) is 10.4 Å². The molecule has 2 aromatic carbocycles. The number of aromatic nitrogens is 2. The fourth-order valence-corrected chi connectivity index (χ4v) is 3.49. The number of esters is 1. The number of benzene rings is 2. The van der Waals surface area contributed by atoms with E-state index in [-0.39, 0.29) is 17.3 Å². The van der Waals surface area contributed by atoms with Gasteiger partial charge in [0.1, 0.15) is 22.2 Å². The van der Waals surface area contributed by atoms with Crippen LogP contribution in [-0.2, 0) is 16.1 Å². The highest BCUT2D eigenvalue weighted by Gasteiger charge is 2.23. The van der Waals surface area contributed by atoms with Gasteiger partial charge in [0.25, 0.3) is 5.91 Å². The van der Waals surface area contributed by atoms with E-state index < -0.39 is 18.5 Å². The Morgan fingerprint density at radius 2 is 1.84 bits per heavy atom. The maximum atomic E-state index is 12.6. The van der Waals surface area contributed by atoms with Crippen LogP contribution in [0.1, 0.15) is 21.6 Å². The van der Waals surface area contributed by atoms with Gasteiger partial charge in [-0.3, -0.25) is 4.79 Å². The summed E-state index contributed by atoms with van der Waals surface area (Å²) in [5.74, 6) is -0.343. The summed E-state index contributed by atoms with van der Waals surface area (Å²) in [5, 5.41) is 7.59. The molecule has 0 saturated heterocycles. The zero-order chi connectivity index (χ0) is 23.3. The molecule has 0 fully saturated rings. The molecule has 0 atom stereocenters. The Kier molecular flexibility index (Phi) is 7.61. The van der Waals surface area contributed by atoms with Crippen molar-refractivity contribution in [2.24, 2.45) is 0 Å². The van der Waals surface area contributed by atoms with Gasteiger partial charge in [0.2, 0.25) is 0 Å². The Morgan fingerprint density at radius 1 is 1.09 bits per heavy atom. The van der Waals surface area contributed by atoms with Gasteiger partial charge in [-0.25, -0.2) is 9.48 Å². The first kappa shape index (κ1) is 23.4. The van der Waals surface area contributed by atoms with E-state index in [1.807, 2.05) is 18.2 Å². The lowest BCUT2D eigenvalue weighted by molar-refractivity contribution is -0.119. The number of aryl methyl sites for hydroxylation is 1. The van der Waals surface area contributed by atoms with Gasteiger partial charge >= 0.3 is 5.97 Å². The molecule has 1 heterocycles. The van der Waals surface area contributed by atoms with Crippen LogP contribution in [0.3, 0.4) is 0 Å². The number of hydrogen-bond acceptors (Lipinski definition) is 6. The number of methoxy groups -OCH3 is 2. The average Bonchev–Trinajstić information content (AvgIpc) is 3.06. The Morgan fingerprint density at radius 3 is 2.53 bits per heavy atom. The van der Waals surface area contributed by atoms with Crippen molar-refractivity contribution < 1.29 is 23.8 Å². The molecule has 3 rings (SSSR count). The molecular weight excluding hydrogens is 457 g/mol. The van der Waals surface area contributed by atoms with Crippen LogP contribution in [0.4, 0.5) is 5.69 Å². The molecule has 0 aliphatic heterocycles. The normalized spacial score (nSPS) is 10.5. The number of carbonyl (C=O) groups excluding carboxylic acids is 2. The van der Waals surface area contributed by atoms with E-state index >= 15 is 0 Å². The molecular formula is C22H21Cl2N3O5. The van der Waals surface area contributed by atoms with E-state index in [0.29, 0.717) is 27.9 Å². The lowest BCUT2D eigenvalue weighted by atomic mass is 10.2. The Hall–Kier alpha value is -3.23. The third-order valence-corrected chi connectivity index (χ3v) is 5.32. The standard InChI is InChI=1S/C22H21Cl2N3O5/c1-13-20(21(24)27(26-13)11-14-6-4-5-7-16(14)23)22(29)32-12-19(28)25-17-10-15(30-2)8-9-18(17)31-3/h4-10H,11-12H2,1-3H3,(H,25,28). The molecule has 0 aliphatic rings. The summed E-state index contributed by atoms with van der Waals surface area (Å²) in [6.45, 7) is 1.39. The van der Waals surface area contributed by atoms with E-state index in [1.54, 1.807) is 31.2 Å². The van der Waals surface area contributed by atoms with Crippen molar-refractivity contribution >= 4 is 40.8 Å². The summed E-state index contributed by atoms with van der Waals surface area (Å²) in [4.78, 5) is 24.9. The first-order valence-corrected chi connectivity index (χ1v) is 10.2. The topological polar surface area (TPSA) is 91.7 Å². The van der Waals surface area contributed by atoms with Crippen molar-refractivity contribution in [2.75, 3.05) is 26.1 Å². The zero-order valence-electron chi connectivity index (χ0n) is 17.6. The van der Waals surface area contributed by atoms with Crippen LogP contribution in [0.5, 0.6) is 11.5 Å². The van der Waals surface area contributed by atoms with Gasteiger partial charge in [-0.2, -0.15) is 5.10 Å². The SMILES string of the molecule is COc1ccc(OC)c(NC(=O)COC(=O)c2c(C)nn(Cc3ccccc3Cl)c2Cl)c1. The summed E-state index contributed by atoms with van der Waals surface area (Å²) < 4.78 is 17.0. The second-order valence-electron chi connectivity index (χ2n) is 6.69. The molecule has 0 radical (unpaired) electrons. The van der Waals surface area contributed by atoms with Crippen LogP contribution >= 0.6 is 23.2 Å². The summed E-state index contributed by atoms with van der Waals surface area (Å²) in [7, 11) is 2.98. The highest BCUT2D eigenvalue weighted by molar-refractivity contribution is 6.33. The number of halogens is 2. The largest absolute Gasteiger partial charge is 0.497 e. The van der Waals surface area contributed by atoms with Crippen LogP contribution in [0.25, 0.3) is 0 Å². The molecule has 1 N–H and O–H groups in total. The fraction of sp³-hybridized carbons (Fsp3) is 0.227. The number of hydrogen-bond donors (Lipinski definition) is 1. The quantitative estimate of drug-likeness (QED) is 0.484. The molecule has 1 aromatic heterocycles. The molecule has 0 unspecified atom stereocenters. The Bertz CT molecular complexity index is 1150. The van der Waals surface area contributed by atoms with Gasteiger partial charge in [-0.1, -0.05) is 41.4 Å². The molecule has 32 heavy (non-hydrogen) atoms. The molecule has 3 aromatic rings.